The summed E-state index contributed by atoms with van der Waals surface area (Å²) in [7, 11) is 0. The number of rotatable bonds is 3. The maximum absolute atomic E-state index is 5.78. The van der Waals surface area contributed by atoms with E-state index in [4.69, 9.17) is 5.73 Å². The van der Waals surface area contributed by atoms with Gasteiger partial charge in [0, 0.05) is 42.4 Å². The van der Waals surface area contributed by atoms with E-state index in [0.29, 0.717) is 0 Å². The summed E-state index contributed by atoms with van der Waals surface area (Å²) in [4.78, 5) is 5.80. The molecular weight excluding hydrogens is 230 g/mol. The maximum Gasteiger partial charge on any atom is 0.0451 e. The Labute approximate surface area is 109 Å². The van der Waals surface area contributed by atoms with Crippen LogP contribution < -0.4 is 10.6 Å². The van der Waals surface area contributed by atoms with Crippen LogP contribution >= 0.6 is 12.6 Å². The zero-order valence-electron chi connectivity index (χ0n) is 10.4. The van der Waals surface area contributed by atoms with Gasteiger partial charge in [-0.3, -0.25) is 4.90 Å². The molecule has 1 aromatic carbocycles. The molecule has 0 aliphatic carbocycles. The van der Waals surface area contributed by atoms with Crippen molar-refractivity contribution in [2.45, 2.75) is 18.2 Å². The van der Waals surface area contributed by atoms with Crippen LogP contribution in [0.2, 0.25) is 0 Å². The molecular formula is C13H21N3S. The Hall–Kier alpha value is -0.870. The van der Waals surface area contributed by atoms with Crippen molar-refractivity contribution in [1.82, 2.24) is 4.90 Å². The van der Waals surface area contributed by atoms with Crippen LogP contribution in [0.25, 0.3) is 0 Å². The van der Waals surface area contributed by atoms with Crippen LogP contribution in [0.1, 0.15) is 13.3 Å². The van der Waals surface area contributed by atoms with Crippen molar-refractivity contribution in [2.24, 2.45) is 0 Å². The predicted octanol–water partition coefficient (Wildman–Crippen LogP) is 2.09. The first-order valence-corrected chi connectivity index (χ1v) is 6.71. The summed E-state index contributed by atoms with van der Waals surface area (Å²) in [5, 5.41) is 0. The van der Waals surface area contributed by atoms with Crippen molar-refractivity contribution in [1.29, 1.82) is 0 Å². The zero-order chi connectivity index (χ0) is 12.3. The van der Waals surface area contributed by atoms with Crippen molar-refractivity contribution < 1.29 is 0 Å². The number of piperazine rings is 1. The van der Waals surface area contributed by atoms with E-state index in [0.717, 1.165) is 36.8 Å². The molecule has 0 bridgehead atoms. The Balaban J connectivity index is 1.98. The van der Waals surface area contributed by atoms with Gasteiger partial charge in [-0.15, -0.1) is 12.6 Å². The molecule has 0 saturated carbocycles. The van der Waals surface area contributed by atoms with Gasteiger partial charge in [-0.2, -0.15) is 0 Å². The van der Waals surface area contributed by atoms with Crippen molar-refractivity contribution in [2.75, 3.05) is 43.4 Å². The highest BCUT2D eigenvalue weighted by Crippen LogP contribution is 2.24. The lowest BCUT2D eigenvalue weighted by Gasteiger charge is -2.36. The fourth-order valence-electron chi connectivity index (χ4n) is 2.27. The third-order valence-electron chi connectivity index (χ3n) is 3.29. The van der Waals surface area contributed by atoms with Gasteiger partial charge in [0.05, 0.1) is 0 Å². The van der Waals surface area contributed by atoms with Crippen molar-refractivity contribution in [3.8, 4) is 0 Å². The van der Waals surface area contributed by atoms with Crippen molar-refractivity contribution in [3.05, 3.63) is 18.2 Å². The normalized spacial score (nSPS) is 17.4. The van der Waals surface area contributed by atoms with Crippen LogP contribution in [0, 0.1) is 0 Å². The number of nitrogen functional groups attached to an aromatic ring is 1. The van der Waals surface area contributed by atoms with E-state index in [1.54, 1.807) is 0 Å². The standard InChI is InChI=1S/C13H21N3S/c1-2-5-15-6-8-16(9-7-15)11-3-4-12(14)13(17)10-11/h3-4,10,17H,2,5-9,14H2,1H3. The highest BCUT2D eigenvalue weighted by Gasteiger charge is 2.16. The van der Waals surface area contributed by atoms with Crippen LogP contribution in [-0.4, -0.2) is 37.6 Å². The van der Waals surface area contributed by atoms with Gasteiger partial charge in [-0.25, -0.2) is 0 Å². The Kier molecular flexibility index (Phi) is 4.18. The van der Waals surface area contributed by atoms with Gasteiger partial charge < -0.3 is 10.6 Å². The quantitative estimate of drug-likeness (QED) is 0.637. The third-order valence-corrected chi connectivity index (χ3v) is 3.68. The van der Waals surface area contributed by atoms with E-state index in [9.17, 15) is 0 Å². The molecule has 2 rings (SSSR count). The largest absolute Gasteiger partial charge is 0.398 e. The summed E-state index contributed by atoms with van der Waals surface area (Å²) < 4.78 is 0. The van der Waals surface area contributed by atoms with Gasteiger partial charge in [-0.05, 0) is 31.2 Å². The molecule has 0 unspecified atom stereocenters. The lowest BCUT2D eigenvalue weighted by molar-refractivity contribution is 0.258. The predicted molar refractivity (Wildman–Crippen MR) is 77.1 cm³/mol. The molecule has 1 saturated heterocycles. The topological polar surface area (TPSA) is 32.5 Å². The van der Waals surface area contributed by atoms with E-state index >= 15 is 0 Å². The summed E-state index contributed by atoms with van der Waals surface area (Å²) in [6, 6.07) is 6.09. The molecule has 1 fully saturated rings. The van der Waals surface area contributed by atoms with Crippen LogP contribution in [0.3, 0.4) is 0 Å². The first-order chi connectivity index (χ1) is 8.20. The molecule has 4 heteroatoms. The Morgan fingerprint density at radius 2 is 1.94 bits per heavy atom. The molecule has 1 aliphatic rings. The molecule has 3 nitrogen and oxygen atoms in total. The first kappa shape index (κ1) is 12.6. The first-order valence-electron chi connectivity index (χ1n) is 6.26. The zero-order valence-corrected chi connectivity index (χ0v) is 11.3. The molecule has 0 aromatic heterocycles. The molecule has 1 aliphatic heterocycles. The molecule has 1 heterocycles. The molecule has 1 aromatic rings. The van der Waals surface area contributed by atoms with E-state index in [-0.39, 0.29) is 0 Å². The summed E-state index contributed by atoms with van der Waals surface area (Å²) in [6.45, 7) is 7.95. The van der Waals surface area contributed by atoms with E-state index < -0.39 is 0 Å². The molecule has 94 valence electrons. The van der Waals surface area contributed by atoms with Crippen molar-refractivity contribution in [3.63, 3.8) is 0 Å². The number of nitrogens with zero attached hydrogens (tertiary/aromatic N) is 2. The molecule has 0 spiro atoms. The van der Waals surface area contributed by atoms with Gasteiger partial charge in [0.2, 0.25) is 0 Å². The van der Waals surface area contributed by atoms with Gasteiger partial charge in [0.15, 0.2) is 0 Å². The van der Waals surface area contributed by atoms with Gasteiger partial charge in [-0.1, -0.05) is 6.92 Å². The van der Waals surface area contributed by atoms with Gasteiger partial charge >= 0.3 is 0 Å². The number of hydrogen-bond acceptors (Lipinski definition) is 4. The number of nitrogens with two attached hydrogens (primary N) is 1. The molecule has 0 atom stereocenters. The lowest BCUT2D eigenvalue weighted by atomic mass is 10.2. The number of thiol groups is 1. The van der Waals surface area contributed by atoms with Crippen LogP contribution in [0.15, 0.2) is 23.1 Å². The number of anilines is 2. The second-order valence-corrected chi connectivity index (χ2v) is 5.05. The average Bonchev–Trinajstić information content (AvgIpc) is 2.34. The summed E-state index contributed by atoms with van der Waals surface area (Å²) in [6.07, 6.45) is 1.24. The minimum atomic E-state index is 0.752. The highest BCUT2D eigenvalue weighted by molar-refractivity contribution is 7.80. The molecule has 0 radical (unpaired) electrons. The summed E-state index contributed by atoms with van der Waals surface area (Å²) in [5.74, 6) is 0. The Bertz CT molecular complexity index is 373. The van der Waals surface area contributed by atoms with Crippen LogP contribution in [0.4, 0.5) is 11.4 Å². The number of hydrogen-bond donors (Lipinski definition) is 2. The van der Waals surface area contributed by atoms with E-state index in [1.165, 1.54) is 18.7 Å². The highest BCUT2D eigenvalue weighted by atomic mass is 32.1. The van der Waals surface area contributed by atoms with Gasteiger partial charge in [0.25, 0.3) is 0 Å². The van der Waals surface area contributed by atoms with Crippen molar-refractivity contribution >= 4 is 24.0 Å². The lowest BCUT2D eigenvalue weighted by Crippen LogP contribution is -2.46. The monoisotopic (exact) mass is 251 g/mol. The van der Waals surface area contributed by atoms with Gasteiger partial charge in [0.1, 0.15) is 0 Å². The SMILES string of the molecule is CCCN1CCN(c2ccc(N)c(S)c2)CC1. The van der Waals surface area contributed by atoms with Crippen LogP contribution in [-0.2, 0) is 0 Å². The van der Waals surface area contributed by atoms with Crippen LogP contribution in [0.5, 0.6) is 0 Å². The minimum absolute atomic E-state index is 0.752. The molecule has 2 N–H and O–H groups in total. The fraction of sp³-hybridized carbons (Fsp3) is 0.538. The third kappa shape index (κ3) is 3.07. The smallest absolute Gasteiger partial charge is 0.0451 e. The van der Waals surface area contributed by atoms with E-state index in [2.05, 4.69) is 41.5 Å². The number of benzene rings is 1. The average molecular weight is 251 g/mol. The maximum atomic E-state index is 5.78. The Morgan fingerprint density at radius 3 is 2.53 bits per heavy atom. The second kappa shape index (κ2) is 5.65. The fourth-order valence-corrected chi connectivity index (χ4v) is 2.48. The Morgan fingerprint density at radius 1 is 1.24 bits per heavy atom. The second-order valence-electron chi connectivity index (χ2n) is 4.57. The summed E-state index contributed by atoms with van der Waals surface area (Å²) >= 11 is 4.38. The molecule has 0 amide bonds. The minimum Gasteiger partial charge on any atom is -0.398 e. The molecule has 17 heavy (non-hydrogen) atoms. The van der Waals surface area contributed by atoms with E-state index in [1.807, 2.05) is 6.07 Å². The summed E-state index contributed by atoms with van der Waals surface area (Å²) in [5.41, 5.74) is 7.76.